The van der Waals surface area contributed by atoms with E-state index in [9.17, 15) is 4.39 Å². The molecule has 80 valence electrons. The number of benzene rings is 1. The van der Waals surface area contributed by atoms with E-state index in [0.29, 0.717) is 11.3 Å². The van der Waals surface area contributed by atoms with Crippen molar-refractivity contribution in [3.63, 3.8) is 0 Å². The van der Waals surface area contributed by atoms with Crippen molar-refractivity contribution in [3.05, 3.63) is 35.6 Å². The summed E-state index contributed by atoms with van der Waals surface area (Å²) in [6.07, 6.45) is 3.95. The SMILES string of the molecule is Fc1cccc(C2CNCC23CCC3)c1. The Balaban J connectivity index is 1.93. The van der Waals surface area contributed by atoms with Gasteiger partial charge in [0.05, 0.1) is 0 Å². The molecule has 1 aliphatic carbocycles. The summed E-state index contributed by atoms with van der Waals surface area (Å²) in [4.78, 5) is 0. The van der Waals surface area contributed by atoms with Crippen LogP contribution in [-0.2, 0) is 0 Å². The lowest BCUT2D eigenvalue weighted by Gasteiger charge is -2.43. The first-order chi connectivity index (χ1) is 7.30. The van der Waals surface area contributed by atoms with E-state index in [4.69, 9.17) is 0 Å². The molecule has 0 bridgehead atoms. The van der Waals surface area contributed by atoms with Crippen molar-refractivity contribution in [1.82, 2.24) is 5.32 Å². The van der Waals surface area contributed by atoms with Crippen LogP contribution in [0.15, 0.2) is 24.3 Å². The second kappa shape index (κ2) is 3.31. The Morgan fingerprint density at radius 1 is 1.33 bits per heavy atom. The van der Waals surface area contributed by atoms with Gasteiger partial charge in [0.2, 0.25) is 0 Å². The Labute approximate surface area is 89.7 Å². The van der Waals surface area contributed by atoms with Crippen molar-refractivity contribution in [2.24, 2.45) is 5.41 Å². The van der Waals surface area contributed by atoms with Crippen molar-refractivity contribution in [2.75, 3.05) is 13.1 Å². The average Bonchev–Trinajstić information content (AvgIpc) is 2.61. The van der Waals surface area contributed by atoms with Crippen LogP contribution in [0.1, 0.15) is 30.7 Å². The quantitative estimate of drug-likeness (QED) is 0.743. The Bertz CT molecular complexity index is 371. The molecule has 1 unspecified atom stereocenters. The molecule has 2 aliphatic rings. The summed E-state index contributed by atoms with van der Waals surface area (Å²) < 4.78 is 13.2. The van der Waals surface area contributed by atoms with Crippen LogP contribution in [0.5, 0.6) is 0 Å². The fraction of sp³-hybridized carbons (Fsp3) is 0.538. The molecule has 1 aromatic rings. The van der Waals surface area contributed by atoms with Crippen molar-refractivity contribution in [2.45, 2.75) is 25.2 Å². The third-order valence-corrected chi connectivity index (χ3v) is 4.17. The topological polar surface area (TPSA) is 12.0 Å². The number of hydrogen-bond acceptors (Lipinski definition) is 1. The van der Waals surface area contributed by atoms with Gasteiger partial charge in [-0.2, -0.15) is 0 Å². The Morgan fingerprint density at radius 3 is 2.87 bits per heavy atom. The lowest BCUT2D eigenvalue weighted by atomic mass is 9.61. The van der Waals surface area contributed by atoms with E-state index < -0.39 is 0 Å². The maximum atomic E-state index is 13.2. The van der Waals surface area contributed by atoms with Crippen LogP contribution in [0, 0.1) is 11.2 Å². The second-order valence-corrected chi connectivity index (χ2v) is 4.95. The van der Waals surface area contributed by atoms with Gasteiger partial charge in [-0.3, -0.25) is 0 Å². The fourth-order valence-corrected chi connectivity index (χ4v) is 3.16. The van der Waals surface area contributed by atoms with E-state index >= 15 is 0 Å². The van der Waals surface area contributed by atoms with Crippen molar-refractivity contribution in [1.29, 1.82) is 0 Å². The largest absolute Gasteiger partial charge is 0.316 e. The lowest BCUT2D eigenvalue weighted by molar-refractivity contribution is 0.137. The summed E-state index contributed by atoms with van der Waals surface area (Å²) in [7, 11) is 0. The Morgan fingerprint density at radius 2 is 2.20 bits per heavy atom. The molecule has 1 aliphatic heterocycles. The van der Waals surface area contributed by atoms with E-state index in [1.165, 1.54) is 30.9 Å². The number of hydrogen-bond donors (Lipinski definition) is 1. The first kappa shape index (κ1) is 9.34. The van der Waals surface area contributed by atoms with Gasteiger partial charge in [-0.1, -0.05) is 18.6 Å². The number of nitrogens with one attached hydrogen (secondary N) is 1. The average molecular weight is 205 g/mol. The molecular formula is C13H16FN. The van der Waals surface area contributed by atoms with Gasteiger partial charge < -0.3 is 5.32 Å². The molecule has 1 spiro atoms. The molecule has 15 heavy (non-hydrogen) atoms. The van der Waals surface area contributed by atoms with Gasteiger partial charge in [-0.05, 0) is 36.0 Å². The van der Waals surface area contributed by atoms with Gasteiger partial charge in [0, 0.05) is 19.0 Å². The highest BCUT2D eigenvalue weighted by Crippen LogP contribution is 2.53. The van der Waals surface area contributed by atoms with Crippen molar-refractivity contribution in [3.8, 4) is 0 Å². The van der Waals surface area contributed by atoms with Crippen LogP contribution in [0.2, 0.25) is 0 Å². The van der Waals surface area contributed by atoms with Crippen molar-refractivity contribution >= 4 is 0 Å². The summed E-state index contributed by atoms with van der Waals surface area (Å²) in [5.41, 5.74) is 1.63. The first-order valence-electron chi connectivity index (χ1n) is 5.76. The molecule has 1 aromatic carbocycles. The normalized spacial score (nSPS) is 27.9. The first-order valence-corrected chi connectivity index (χ1v) is 5.76. The minimum Gasteiger partial charge on any atom is -0.316 e. The molecule has 0 amide bonds. The van der Waals surface area contributed by atoms with Crippen LogP contribution >= 0.6 is 0 Å². The Kier molecular flexibility index (Phi) is 2.06. The summed E-state index contributed by atoms with van der Waals surface area (Å²) >= 11 is 0. The molecule has 0 aromatic heterocycles. The van der Waals surface area contributed by atoms with E-state index in [-0.39, 0.29) is 5.82 Å². The Hall–Kier alpha value is -0.890. The maximum absolute atomic E-state index is 13.2. The van der Waals surface area contributed by atoms with Gasteiger partial charge in [-0.25, -0.2) is 4.39 Å². The molecule has 1 N–H and O–H groups in total. The highest BCUT2D eigenvalue weighted by atomic mass is 19.1. The molecular weight excluding hydrogens is 189 g/mol. The molecule has 2 heteroatoms. The summed E-state index contributed by atoms with van der Waals surface area (Å²) in [6.45, 7) is 2.14. The highest BCUT2D eigenvalue weighted by molar-refractivity contribution is 5.26. The van der Waals surface area contributed by atoms with Gasteiger partial charge in [-0.15, -0.1) is 0 Å². The van der Waals surface area contributed by atoms with Crippen molar-refractivity contribution < 1.29 is 4.39 Å². The lowest BCUT2D eigenvalue weighted by Crippen LogP contribution is -2.36. The zero-order valence-corrected chi connectivity index (χ0v) is 8.80. The highest BCUT2D eigenvalue weighted by Gasteiger charge is 2.47. The molecule has 1 saturated carbocycles. The third kappa shape index (κ3) is 1.39. The molecule has 1 atom stereocenters. The zero-order valence-electron chi connectivity index (χ0n) is 8.80. The van der Waals surface area contributed by atoms with Crippen LogP contribution in [0.4, 0.5) is 4.39 Å². The predicted octanol–water partition coefficient (Wildman–Crippen LogP) is 2.68. The molecule has 1 heterocycles. The van der Waals surface area contributed by atoms with Gasteiger partial charge in [0.1, 0.15) is 5.82 Å². The van der Waals surface area contributed by atoms with Crippen LogP contribution in [-0.4, -0.2) is 13.1 Å². The predicted molar refractivity (Wildman–Crippen MR) is 58.3 cm³/mol. The maximum Gasteiger partial charge on any atom is 0.123 e. The molecule has 3 rings (SSSR count). The monoisotopic (exact) mass is 205 g/mol. The minimum absolute atomic E-state index is 0.103. The summed E-state index contributed by atoms with van der Waals surface area (Å²) in [5, 5.41) is 3.46. The van der Waals surface area contributed by atoms with Crippen LogP contribution < -0.4 is 5.32 Å². The van der Waals surface area contributed by atoms with E-state index in [1.54, 1.807) is 6.07 Å². The second-order valence-electron chi connectivity index (χ2n) is 4.95. The number of halogens is 1. The van der Waals surface area contributed by atoms with Gasteiger partial charge >= 0.3 is 0 Å². The third-order valence-electron chi connectivity index (χ3n) is 4.17. The summed E-state index contributed by atoms with van der Waals surface area (Å²) in [5.74, 6) is 0.427. The molecule has 2 fully saturated rings. The van der Waals surface area contributed by atoms with Crippen LogP contribution in [0.25, 0.3) is 0 Å². The molecule has 0 radical (unpaired) electrons. The van der Waals surface area contributed by atoms with Gasteiger partial charge in [0.25, 0.3) is 0 Å². The van der Waals surface area contributed by atoms with Gasteiger partial charge in [0.15, 0.2) is 0 Å². The van der Waals surface area contributed by atoms with E-state index in [1.807, 2.05) is 6.07 Å². The zero-order chi connectivity index (χ0) is 10.3. The standard InChI is InChI=1S/C13H16FN/c14-11-4-1-3-10(7-11)12-8-15-9-13(12)5-2-6-13/h1,3-4,7,12,15H,2,5-6,8-9H2. The molecule has 1 saturated heterocycles. The van der Waals surface area contributed by atoms with E-state index in [0.717, 1.165) is 13.1 Å². The summed E-state index contributed by atoms with van der Waals surface area (Å²) in [6, 6.07) is 7.13. The van der Waals surface area contributed by atoms with Crippen LogP contribution in [0.3, 0.4) is 0 Å². The number of rotatable bonds is 1. The fourth-order valence-electron chi connectivity index (χ4n) is 3.16. The molecule has 1 nitrogen and oxygen atoms in total. The minimum atomic E-state index is -0.103. The van der Waals surface area contributed by atoms with E-state index in [2.05, 4.69) is 11.4 Å². The smallest absolute Gasteiger partial charge is 0.123 e.